The molecule has 0 saturated heterocycles. The second-order valence-electron chi connectivity index (χ2n) is 17.3. The molecule has 2 unspecified atom stereocenters. The van der Waals surface area contributed by atoms with E-state index in [0.29, 0.717) is 42.2 Å². The highest BCUT2D eigenvalue weighted by Gasteiger charge is 2.58. The molecule has 310 valence electrons. The quantitative estimate of drug-likeness (QED) is 0.108. The summed E-state index contributed by atoms with van der Waals surface area (Å²) in [5.41, 5.74) is 6.53. The maximum atomic E-state index is 14.3. The van der Waals surface area contributed by atoms with Gasteiger partial charge in [0.15, 0.2) is 22.5 Å². The van der Waals surface area contributed by atoms with Crippen LogP contribution in [0.25, 0.3) is 21.3 Å². The molecule has 4 bridgehead atoms. The van der Waals surface area contributed by atoms with Crippen molar-refractivity contribution in [2.45, 2.75) is 84.0 Å². The van der Waals surface area contributed by atoms with Crippen LogP contribution in [0.15, 0.2) is 66.9 Å². The van der Waals surface area contributed by atoms with Crippen LogP contribution in [0.2, 0.25) is 0 Å². The number of nitrogens with zero attached hydrogens (tertiary/aromatic N) is 7. The summed E-state index contributed by atoms with van der Waals surface area (Å²) in [4.78, 5) is 26.2. The average Bonchev–Trinajstić information content (AvgIpc) is 3.84. The normalized spacial score (nSPS) is 22.9. The van der Waals surface area contributed by atoms with Gasteiger partial charge in [0.05, 0.1) is 42.3 Å². The van der Waals surface area contributed by atoms with Crippen molar-refractivity contribution in [3.8, 4) is 16.9 Å². The molecule has 0 radical (unpaired) electrons. The van der Waals surface area contributed by atoms with Gasteiger partial charge in [-0.3, -0.25) is 4.68 Å². The Hall–Kier alpha value is -5.44. The molecule has 4 saturated carbocycles. The first kappa shape index (κ1) is 38.7. The fourth-order valence-corrected chi connectivity index (χ4v) is 11.9. The van der Waals surface area contributed by atoms with E-state index in [4.69, 9.17) is 34.4 Å². The van der Waals surface area contributed by atoms with E-state index in [2.05, 4.69) is 39.9 Å². The molecule has 4 aromatic heterocycles. The lowest BCUT2D eigenvalue weighted by Gasteiger charge is -2.61. The molecule has 2 atom stereocenters. The molecule has 60 heavy (non-hydrogen) atoms. The number of rotatable bonds is 13. The second kappa shape index (κ2) is 15.5. The Morgan fingerprint density at radius 3 is 2.58 bits per heavy atom. The Morgan fingerprint density at radius 2 is 1.80 bits per heavy atom. The number of benzene rings is 2. The third kappa shape index (κ3) is 7.17. The highest BCUT2D eigenvalue weighted by molar-refractivity contribution is 7.22. The molecule has 2 aromatic carbocycles. The van der Waals surface area contributed by atoms with Gasteiger partial charge in [-0.25, -0.2) is 14.8 Å². The van der Waals surface area contributed by atoms with Crippen LogP contribution in [-0.2, 0) is 29.0 Å². The van der Waals surface area contributed by atoms with Gasteiger partial charge in [0.2, 0.25) is 0 Å². The van der Waals surface area contributed by atoms with Crippen LogP contribution in [-0.4, -0.2) is 73.5 Å². The van der Waals surface area contributed by atoms with Crippen LogP contribution < -0.4 is 15.0 Å². The summed E-state index contributed by atoms with van der Waals surface area (Å²) in [5, 5.41) is 28.2. The second-order valence-corrected chi connectivity index (χ2v) is 18.4. The molecule has 4 fully saturated rings. The third-order valence-electron chi connectivity index (χ3n) is 13.3. The molecule has 5 aliphatic rings. The van der Waals surface area contributed by atoms with E-state index in [9.17, 15) is 9.90 Å². The summed E-state index contributed by atoms with van der Waals surface area (Å²) in [7, 11) is 1.63. The number of aliphatic hydroxyl groups excluding tert-OH is 1. The van der Waals surface area contributed by atoms with Crippen LogP contribution in [0.4, 0.5) is 22.6 Å². The van der Waals surface area contributed by atoms with Gasteiger partial charge in [-0.15, -0.1) is 10.2 Å². The van der Waals surface area contributed by atoms with Crippen molar-refractivity contribution in [2.24, 2.45) is 17.3 Å². The number of aromatic nitrogens is 6. The van der Waals surface area contributed by atoms with Crippen molar-refractivity contribution in [3.63, 3.8) is 0 Å². The number of ether oxygens (including phenoxy) is 3. The standard InChI is InChI=1S/C46H50N8O5S/c1-28-34-7-6-16-53(42(34)52-51-41(28)50-44-48-37-8-4-5-9-38(37)60-44)39-15-14-35(40(49-39)43(56)58-25-30-10-12-33(57-3)13-11-30)36-24-47-54(29(36)2)27-45-20-31-19-32(21-45)23-46(22-31,26-45)59-18-17-55/h4-5,8-15,24,31-32,55H,6-7,16-23,25-27H2,1-3H3,(H,48,50,51). The van der Waals surface area contributed by atoms with Crippen molar-refractivity contribution in [3.05, 3.63) is 94.9 Å². The molecule has 6 aromatic rings. The fraction of sp³-hybridized carbons (Fsp3) is 0.435. The number of carbonyl (C=O) groups is 1. The Morgan fingerprint density at radius 1 is 0.983 bits per heavy atom. The van der Waals surface area contributed by atoms with Gasteiger partial charge < -0.3 is 29.5 Å². The summed E-state index contributed by atoms with van der Waals surface area (Å²) in [6.07, 6.45) is 10.4. The predicted molar refractivity (Wildman–Crippen MR) is 230 cm³/mol. The number of carbonyl (C=O) groups excluding carboxylic acids is 1. The van der Waals surface area contributed by atoms with Gasteiger partial charge in [-0.05, 0) is 124 Å². The van der Waals surface area contributed by atoms with E-state index < -0.39 is 5.97 Å². The van der Waals surface area contributed by atoms with Crippen LogP contribution in [0.1, 0.15) is 77.8 Å². The molecule has 0 spiro atoms. The summed E-state index contributed by atoms with van der Waals surface area (Å²) < 4.78 is 21.0. The molecule has 14 heteroatoms. The molecule has 13 nitrogen and oxygen atoms in total. The largest absolute Gasteiger partial charge is 0.497 e. The lowest BCUT2D eigenvalue weighted by Crippen LogP contribution is -2.58. The molecule has 5 heterocycles. The zero-order valence-corrected chi connectivity index (χ0v) is 35.1. The lowest BCUT2D eigenvalue weighted by molar-refractivity contribution is -0.199. The minimum atomic E-state index is -0.520. The van der Waals surface area contributed by atoms with Crippen molar-refractivity contribution in [2.75, 3.05) is 37.1 Å². The highest BCUT2D eigenvalue weighted by Crippen LogP contribution is 2.63. The Bertz CT molecular complexity index is 2520. The Labute approximate surface area is 353 Å². The minimum absolute atomic E-state index is 0.0466. The van der Waals surface area contributed by atoms with Crippen molar-refractivity contribution in [1.29, 1.82) is 0 Å². The number of esters is 1. The van der Waals surface area contributed by atoms with Gasteiger partial charge in [0.1, 0.15) is 18.2 Å². The molecular formula is C46H50N8O5S. The number of thiazole rings is 1. The van der Waals surface area contributed by atoms with Crippen molar-refractivity contribution >= 4 is 50.1 Å². The number of pyridine rings is 1. The van der Waals surface area contributed by atoms with Crippen LogP contribution in [0, 0.1) is 31.1 Å². The fourth-order valence-electron chi connectivity index (χ4n) is 11.0. The van der Waals surface area contributed by atoms with E-state index >= 15 is 0 Å². The van der Waals surface area contributed by atoms with E-state index in [1.165, 1.54) is 19.3 Å². The first-order valence-electron chi connectivity index (χ1n) is 21.1. The van der Waals surface area contributed by atoms with E-state index in [-0.39, 0.29) is 29.9 Å². The summed E-state index contributed by atoms with van der Waals surface area (Å²) in [5.74, 6) is 3.49. The predicted octanol–water partition coefficient (Wildman–Crippen LogP) is 8.50. The summed E-state index contributed by atoms with van der Waals surface area (Å²) in [6, 6.07) is 19.5. The van der Waals surface area contributed by atoms with Gasteiger partial charge in [0, 0.05) is 41.0 Å². The van der Waals surface area contributed by atoms with E-state index in [1.807, 2.05) is 60.8 Å². The Balaban J connectivity index is 0.963. The van der Waals surface area contributed by atoms with Gasteiger partial charge in [-0.1, -0.05) is 35.6 Å². The highest BCUT2D eigenvalue weighted by atomic mass is 32.1. The number of anilines is 4. The number of hydrogen-bond donors (Lipinski definition) is 2. The first-order chi connectivity index (χ1) is 29.2. The molecular weight excluding hydrogens is 777 g/mol. The SMILES string of the molecule is COc1ccc(COC(=O)c2nc(N3CCCc4c3nnc(Nc3nc5ccccc5s3)c4C)ccc2-c2cnn(CC34CC5CC(C3)CC(OCCO)(C5)C4)c2C)cc1. The minimum Gasteiger partial charge on any atom is -0.497 e. The van der Waals surface area contributed by atoms with Gasteiger partial charge in [0.25, 0.3) is 0 Å². The number of methoxy groups -OCH3 is 1. The smallest absolute Gasteiger partial charge is 0.358 e. The Kier molecular flexibility index (Phi) is 10.0. The maximum absolute atomic E-state index is 14.3. The lowest BCUT2D eigenvalue weighted by atomic mass is 9.48. The van der Waals surface area contributed by atoms with E-state index in [1.54, 1.807) is 18.4 Å². The third-order valence-corrected chi connectivity index (χ3v) is 14.2. The first-order valence-corrected chi connectivity index (χ1v) is 21.9. The summed E-state index contributed by atoms with van der Waals surface area (Å²) in [6.45, 7) is 6.13. The van der Waals surface area contributed by atoms with Crippen LogP contribution in [0.5, 0.6) is 5.75 Å². The zero-order valence-electron chi connectivity index (χ0n) is 34.3. The van der Waals surface area contributed by atoms with Crippen molar-refractivity contribution in [1.82, 2.24) is 29.9 Å². The van der Waals surface area contributed by atoms with Gasteiger partial charge >= 0.3 is 5.97 Å². The molecule has 4 aliphatic carbocycles. The van der Waals surface area contributed by atoms with Crippen LogP contribution in [0.3, 0.4) is 0 Å². The van der Waals surface area contributed by atoms with E-state index in [0.717, 1.165) is 93.5 Å². The monoisotopic (exact) mass is 826 g/mol. The number of fused-ring (bicyclic) bond motifs is 2. The van der Waals surface area contributed by atoms with Gasteiger partial charge in [-0.2, -0.15) is 5.10 Å². The molecule has 2 N–H and O–H groups in total. The van der Waals surface area contributed by atoms with Crippen molar-refractivity contribution < 1.29 is 24.1 Å². The summed E-state index contributed by atoms with van der Waals surface area (Å²) >= 11 is 1.58. The molecule has 11 rings (SSSR count). The molecule has 0 amide bonds. The number of hydrogen-bond acceptors (Lipinski definition) is 13. The number of nitrogens with one attached hydrogen (secondary N) is 1. The maximum Gasteiger partial charge on any atom is 0.358 e. The number of aliphatic hydroxyl groups is 1. The topological polar surface area (TPSA) is 150 Å². The van der Waals surface area contributed by atoms with Crippen LogP contribution >= 0.6 is 11.3 Å². The molecule has 1 aliphatic heterocycles. The average molecular weight is 827 g/mol. The number of para-hydroxylation sites is 1. The zero-order chi connectivity index (χ0) is 41.0.